The average molecular weight is 265 g/mol. The minimum absolute atomic E-state index is 0.122. The van der Waals surface area contributed by atoms with Crippen LogP contribution in [0.1, 0.15) is 26.2 Å². The lowest BCUT2D eigenvalue weighted by molar-refractivity contribution is -0.135. The van der Waals surface area contributed by atoms with Crippen molar-refractivity contribution in [3.05, 3.63) is 0 Å². The Bertz CT molecular complexity index is 398. The molecule has 0 bridgehead atoms. The Morgan fingerprint density at radius 1 is 1.32 bits per heavy atom. The molecule has 4 atom stereocenters. The van der Waals surface area contributed by atoms with Gasteiger partial charge in [-0.2, -0.15) is 0 Å². The SMILES string of the molecule is CCN1CC(C(=O)N2CC3CCC(N)C3C2)CC1=O. The summed E-state index contributed by atoms with van der Waals surface area (Å²) in [6, 6.07) is 0.264. The van der Waals surface area contributed by atoms with Gasteiger partial charge in [-0.3, -0.25) is 9.59 Å². The molecule has 0 aromatic heterocycles. The Kier molecular flexibility index (Phi) is 3.25. The van der Waals surface area contributed by atoms with Gasteiger partial charge in [0.05, 0.1) is 5.92 Å². The highest BCUT2D eigenvalue weighted by molar-refractivity contribution is 5.89. The second kappa shape index (κ2) is 4.78. The monoisotopic (exact) mass is 265 g/mol. The van der Waals surface area contributed by atoms with Gasteiger partial charge in [-0.05, 0) is 31.6 Å². The first-order valence-electron chi connectivity index (χ1n) is 7.42. The second-order valence-electron chi connectivity index (χ2n) is 6.24. The van der Waals surface area contributed by atoms with E-state index in [9.17, 15) is 9.59 Å². The fraction of sp³-hybridized carbons (Fsp3) is 0.857. The van der Waals surface area contributed by atoms with Gasteiger partial charge in [0.2, 0.25) is 11.8 Å². The average Bonchev–Trinajstić information content (AvgIpc) is 3.05. The van der Waals surface area contributed by atoms with Crippen LogP contribution in [-0.4, -0.2) is 53.8 Å². The van der Waals surface area contributed by atoms with Gasteiger partial charge in [-0.1, -0.05) is 0 Å². The number of amides is 2. The molecule has 19 heavy (non-hydrogen) atoms. The number of hydrogen-bond donors (Lipinski definition) is 1. The number of likely N-dealkylation sites (tertiary alicyclic amines) is 2. The van der Waals surface area contributed by atoms with Crippen molar-refractivity contribution in [3.63, 3.8) is 0 Å². The maximum Gasteiger partial charge on any atom is 0.228 e. The van der Waals surface area contributed by atoms with Crippen LogP contribution in [-0.2, 0) is 9.59 Å². The molecule has 2 N–H and O–H groups in total. The van der Waals surface area contributed by atoms with E-state index in [4.69, 9.17) is 5.73 Å². The predicted molar refractivity (Wildman–Crippen MR) is 71.1 cm³/mol. The molecule has 5 nitrogen and oxygen atoms in total. The van der Waals surface area contributed by atoms with Crippen molar-refractivity contribution in [3.8, 4) is 0 Å². The lowest BCUT2D eigenvalue weighted by Gasteiger charge is -2.22. The molecule has 2 saturated heterocycles. The van der Waals surface area contributed by atoms with Gasteiger partial charge in [0.15, 0.2) is 0 Å². The van der Waals surface area contributed by atoms with E-state index in [1.165, 1.54) is 0 Å². The van der Waals surface area contributed by atoms with Gasteiger partial charge in [0.1, 0.15) is 0 Å². The highest BCUT2D eigenvalue weighted by Gasteiger charge is 2.45. The lowest BCUT2D eigenvalue weighted by Crippen LogP contribution is -2.38. The zero-order valence-corrected chi connectivity index (χ0v) is 11.5. The molecule has 2 aliphatic heterocycles. The Morgan fingerprint density at radius 3 is 2.74 bits per heavy atom. The summed E-state index contributed by atoms with van der Waals surface area (Å²) in [5.41, 5.74) is 6.10. The van der Waals surface area contributed by atoms with E-state index in [0.717, 1.165) is 25.9 Å². The number of hydrogen-bond acceptors (Lipinski definition) is 3. The number of fused-ring (bicyclic) bond motifs is 1. The largest absolute Gasteiger partial charge is 0.342 e. The van der Waals surface area contributed by atoms with Gasteiger partial charge in [0.25, 0.3) is 0 Å². The van der Waals surface area contributed by atoms with Crippen molar-refractivity contribution in [1.82, 2.24) is 9.80 Å². The summed E-state index contributed by atoms with van der Waals surface area (Å²) in [6.07, 6.45) is 2.65. The van der Waals surface area contributed by atoms with E-state index in [1.54, 1.807) is 4.90 Å². The van der Waals surface area contributed by atoms with Crippen molar-refractivity contribution in [2.45, 2.75) is 32.2 Å². The Morgan fingerprint density at radius 2 is 2.11 bits per heavy atom. The summed E-state index contributed by atoms with van der Waals surface area (Å²) < 4.78 is 0. The van der Waals surface area contributed by atoms with Crippen LogP contribution >= 0.6 is 0 Å². The summed E-state index contributed by atoms with van der Waals surface area (Å²) in [4.78, 5) is 28.0. The first kappa shape index (κ1) is 12.9. The molecule has 1 saturated carbocycles. The zero-order chi connectivity index (χ0) is 13.6. The van der Waals surface area contributed by atoms with Crippen LogP contribution < -0.4 is 5.73 Å². The number of rotatable bonds is 2. The van der Waals surface area contributed by atoms with E-state index in [2.05, 4.69) is 0 Å². The second-order valence-corrected chi connectivity index (χ2v) is 6.24. The van der Waals surface area contributed by atoms with E-state index >= 15 is 0 Å². The molecule has 2 amide bonds. The van der Waals surface area contributed by atoms with Crippen molar-refractivity contribution < 1.29 is 9.59 Å². The minimum Gasteiger partial charge on any atom is -0.342 e. The third-order valence-electron chi connectivity index (χ3n) is 5.17. The fourth-order valence-electron chi connectivity index (χ4n) is 3.99. The topological polar surface area (TPSA) is 66.6 Å². The molecule has 0 aromatic rings. The summed E-state index contributed by atoms with van der Waals surface area (Å²) >= 11 is 0. The molecule has 2 heterocycles. The Labute approximate surface area is 114 Å². The normalized spacial score (nSPS) is 38.1. The molecule has 3 fully saturated rings. The lowest BCUT2D eigenvalue weighted by atomic mass is 9.98. The van der Waals surface area contributed by atoms with Crippen molar-refractivity contribution >= 4 is 11.8 Å². The highest BCUT2D eigenvalue weighted by Crippen LogP contribution is 2.38. The van der Waals surface area contributed by atoms with Crippen molar-refractivity contribution in [1.29, 1.82) is 0 Å². The molecule has 4 unspecified atom stereocenters. The van der Waals surface area contributed by atoms with Gasteiger partial charge >= 0.3 is 0 Å². The van der Waals surface area contributed by atoms with Gasteiger partial charge in [-0.25, -0.2) is 0 Å². The molecule has 3 rings (SSSR count). The number of nitrogens with two attached hydrogens (primary N) is 1. The van der Waals surface area contributed by atoms with E-state index in [0.29, 0.717) is 31.3 Å². The molecular weight excluding hydrogens is 242 g/mol. The Balaban J connectivity index is 1.62. The van der Waals surface area contributed by atoms with E-state index in [-0.39, 0.29) is 23.8 Å². The van der Waals surface area contributed by atoms with Crippen molar-refractivity contribution in [2.24, 2.45) is 23.5 Å². The van der Waals surface area contributed by atoms with Crippen LogP contribution in [0.4, 0.5) is 0 Å². The van der Waals surface area contributed by atoms with Crippen LogP contribution in [0.2, 0.25) is 0 Å². The maximum atomic E-state index is 12.5. The third kappa shape index (κ3) is 2.14. The fourth-order valence-corrected chi connectivity index (χ4v) is 3.99. The maximum absolute atomic E-state index is 12.5. The Hall–Kier alpha value is -1.10. The standard InChI is InChI=1S/C14H23N3O2/c1-2-16-7-10(5-13(16)18)14(19)17-6-9-3-4-12(15)11(9)8-17/h9-12H,2-8,15H2,1H3. The quantitative estimate of drug-likeness (QED) is 0.767. The summed E-state index contributed by atoms with van der Waals surface area (Å²) in [5, 5.41) is 0. The molecule has 0 spiro atoms. The molecular formula is C14H23N3O2. The van der Waals surface area contributed by atoms with E-state index in [1.807, 2.05) is 11.8 Å². The molecule has 106 valence electrons. The molecule has 3 aliphatic rings. The summed E-state index contributed by atoms with van der Waals surface area (Å²) in [6.45, 7) is 4.93. The van der Waals surface area contributed by atoms with Crippen LogP contribution in [0.3, 0.4) is 0 Å². The van der Waals surface area contributed by atoms with Gasteiger partial charge in [0, 0.05) is 38.6 Å². The number of carbonyl (C=O) groups is 2. The minimum atomic E-state index is -0.123. The first-order valence-corrected chi connectivity index (χ1v) is 7.42. The van der Waals surface area contributed by atoms with E-state index < -0.39 is 0 Å². The smallest absolute Gasteiger partial charge is 0.228 e. The zero-order valence-electron chi connectivity index (χ0n) is 11.5. The molecule has 0 aromatic carbocycles. The summed E-state index contributed by atoms with van der Waals surface area (Å²) in [5.74, 6) is 1.26. The summed E-state index contributed by atoms with van der Waals surface area (Å²) in [7, 11) is 0. The van der Waals surface area contributed by atoms with Crippen LogP contribution in [0.15, 0.2) is 0 Å². The predicted octanol–water partition coefficient (Wildman–Crippen LogP) is 0.0505. The van der Waals surface area contributed by atoms with Crippen LogP contribution in [0.25, 0.3) is 0 Å². The third-order valence-corrected chi connectivity index (χ3v) is 5.17. The van der Waals surface area contributed by atoms with Crippen molar-refractivity contribution in [2.75, 3.05) is 26.2 Å². The molecule has 0 radical (unpaired) electrons. The first-order chi connectivity index (χ1) is 9.10. The van der Waals surface area contributed by atoms with Gasteiger partial charge in [-0.15, -0.1) is 0 Å². The molecule has 1 aliphatic carbocycles. The van der Waals surface area contributed by atoms with Gasteiger partial charge < -0.3 is 15.5 Å². The number of carbonyl (C=O) groups excluding carboxylic acids is 2. The van der Waals surface area contributed by atoms with Crippen LogP contribution in [0.5, 0.6) is 0 Å². The van der Waals surface area contributed by atoms with Crippen LogP contribution in [0, 0.1) is 17.8 Å². The number of nitrogens with zero attached hydrogens (tertiary/aromatic N) is 2. The highest BCUT2D eigenvalue weighted by atomic mass is 16.2. The molecule has 5 heteroatoms.